The highest BCUT2D eigenvalue weighted by Gasteiger charge is 2.45. The van der Waals surface area contributed by atoms with Crippen LogP contribution in [0, 0.1) is 3.57 Å². The zero-order valence-corrected chi connectivity index (χ0v) is 11.3. The Kier molecular flexibility index (Phi) is 4.37. The molecule has 0 saturated carbocycles. The predicted octanol–water partition coefficient (Wildman–Crippen LogP) is 4.12. The third-order valence-electron chi connectivity index (χ3n) is 2.14. The second-order valence-corrected chi connectivity index (χ2v) is 4.42. The van der Waals surface area contributed by atoms with Crippen molar-refractivity contribution in [1.82, 2.24) is 0 Å². The molecule has 0 aliphatic rings. The standard InChI is InChI=1S/C10H5F6IO2/c1-19-8(18)4-2-3-5(9(11,12)13)6(7(4)17)10(14,15)16/h2-3H,1H3. The fourth-order valence-corrected chi connectivity index (χ4v) is 2.35. The van der Waals surface area contributed by atoms with Gasteiger partial charge in [0.1, 0.15) is 0 Å². The van der Waals surface area contributed by atoms with Gasteiger partial charge in [0.2, 0.25) is 0 Å². The van der Waals surface area contributed by atoms with E-state index in [1.54, 1.807) is 0 Å². The number of benzene rings is 1. The summed E-state index contributed by atoms with van der Waals surface area (Å²) in [6, 6.07) is 0.878. The molecule has 0 amide bonds. The van der Waals surface area contributed by atoms with Crippen molar-refractivity contribution in [3.05, 3.63) is 32.4 Å². The molecule has 0 heterocycles. The summed E-state index contributed by atoms with van der Waals surface area (Å²) < 4.78 is 79.2. The SMILES string of the molecule is COC(=O)c1ccc(C(F)(F)F)c(C(F)(F)F)c1I. The normalized spacial score (nSPS) is 12.4. The monoisotopic (exact) mass is 398 g/mol. The molecule has 106 valence electrons. The smallest absolute Gasteiger partial charge is 0.418 e. The molecule has 0 fully saturated rings. The molecule has 0 unspecified atom stereocenters. The van der Waals surface area contributed by atoms with Crippen molar-refractivity contribution in [2.75, 3.05) is 7.11 Å². The fraction of sp³-hybridized carbons (Fsp3) is 0.300. The third-order valence-corrected chi connectivity index (χ3v) is 3.26. The van der Waals surface area contributed by atoms with Gasteiger partial charge in [-0.25, -0.2) is 4.79 Å². The molecule has 0 bridgehead atoms. The summed E-state index contributed by atoms with van der Waals surface area (Å²) >= 11 is 1.05. The lowest BCUT2D eigenvalue weighted by Crippen LogP contribution is -2.20. The van der Waals surface area contributed by atoms with Gasteiger partial charge < -0.3 is 4.74 Å². The van der Waals surface area contributed by atoms with Gasteiger partial charge in [0.15, 0.2) is 0 Å². The van der Waals surface area contributed by atoms with Crippen molar-refractivity contribution < 1.29 is 35.9 Å². The molecule has 0 spiro atoms. The van der Waals surface area contributed by atoms with Crippen LogP contribution in [-0.2, 0) is 17.1 Å². The third kappa shape index (κ3) is 3.31. The Bertz CT molecular complexity index is 506. The van der Waals surface area contributed by atoms with Crippen molar-refractivity contribution in [3.63, 3.8) is 0 Å². The molecule has 0 aromatic heterocycles. The van der Waals surface area contributed by atoms with E-state index in [2.05, 4.69) is 4.74 Å². The number of rotatable bonds is 1. The number of halogens is 7. The van der Waals surface area contributed by atoms with E-state index in [9.17, 15) is 31.1 Å². The molecule has 2 nitrogen and oxygen atoms in total. The van der Waals surface area contributed by atoms with Crippen LogP contribution in [0.25, 0.3) is 0 Å². The Morgan fingerprint density at radius 1 is 1.11 bits per heavy atom. The van der Waals surface area contributed by atoms with Crippen molar-refractivity contribution in [3.8, 4) is 0 Å². The summed E-state index contributed by atoms with van der Waals surface area (Å²) in [6.07, 6.45) is -10.4. The molecule has 0 aliphatic carbocycles. The number of hydrogen-bond acceptors (Lipinski definition) is 2. The first-order valence-electron chi connectivity index (χ1n) is 4.55. The first-order chi connectivity index (χ1) is 8.50. The molecule has 1 aromatic carbocycles. The number of methoxy groups -OCH3 is 1. The Labute approximate surface area is 116 Å². The van der Waals surface area contributed by atoms with Crippen molar-refractivity contribution >= 4 is 28.6 Å². The quantitative estimate of drug-likeness (QED) is 0.405. The van der Waals surface area contributed by atoms with Gasteiger partial charge in [-0.1, -0.05) is 0 Å². The van der Waals surface area contributed by atoms with E-state index in [1.165, 1.54) is 0 Å². The molecule has 19 heavy (non-hydrogen) atoms. The van der Waals surface area contributed by atoms with Gasteiger partial charge in [-0.05, 0) is 34.7 Å². The van der Waals surface area contributed by atoms with Gasteiger partial charge in [0.25, 0.3) is 0 Å². The average Bonchev–Trinajstić information content (AvgIpc) is 2.24. The molecule has 0 radical (unpaired) electrons. The number of alkyl halides is 6. The van der Waals surface area contributed by atoms with Gasteiger partial charge in [0.05, 0.1) is 23.8 Å². The molecular formula is C10H5F6IO2. The number of carbonyl (C=O) groups is 1. The first kappa shape index (κ1) is 16.1. The Morgan fingerprint density at radius 3 is 2.00 bits per heavy atom. The summed E-state index contributed by atoms with van der Waals surface area (Å²) in [6.45, 7) is 0. The molecular weight excluding hydrogens is 393 g/mol. The van der Waals surface area contributed by atoms with Crippen LogP contribution in [0.3, 0.4) is 0 Å². The number of hydrogen-bond donors (Lipinski definition) is 0. The van der Waals surface area contributed by atoms with Crippen LogP contribution < -0.4 is 0 Å². The number of ether oxygens (including phenoxy) is 1. The Morgan fingerprint density at radius 2 is 1.63 bits per heavy atom. The van der Waals surface area contributed by atoms with Crippen molar-refractivity contribution in [2.45, 2.75) is 12.4 Å². The lowest BCUT2D eigenvalue weighted by molar-refractivity contribution is -0.162. The van der Waals surface area contributed by atoms with Gasteiger partial charge in [-0.15, -0.1) is 0 Å². The van der Waals surface area contributed by atoms with Crippen LogP contribution in [0.1, 0.15) is 21.5 Å². The lowest BCUT2D eigenvalue weighted by atomic mass is 10.0. The minimum atomic E-state index is -5.23. The summed E-state index contributed by atoms with van der Waals surface area (Å²) in [4.78, 5) is 11.2. The number of carbonyl (C=O) groups excluding carboxylic acids is 1. The van der Waals surface area contributed by atoms with Crippen LogP contribution in [0.4, 0.5) is 26.3 Å². The molecule has 9 heteroatoms. The molecule has 0 atom stereocenters. The molecule has 0 N–H and O–H groups in total. The van der Waals surface area contributed by atoms with Crippen LogP contribution in [0.5, 0.6) is 0 Å². The van der Waals surface area contributed by atoms with Crippen molar-refractivity contribution in [2.24, 2.45) is 0 Å². The largest absolute Gasteiger partial charge is 0.465 e. The van der Waals surface area contributed by atoms with Crippen LogP contribution in [0.15, 0.2) is 12.1 Å². The number of esters is 1. The van der Waals surface area contributed by atoms with E-state index in [0.29, 0.717) is 6.07 Å². The Hall–Kier alpha value is -1.00. The maximum absolute atomic E-state index is 12.7. The zero-order chi connectivity index (χ0) is 15.0. The average molecular weight is 398 g/mol. The van der Waals surface area contributed by atoms with Gasteiger partial charge in [-0.3, -0.25) is 0 Å². The van der Waals surface area contributed by atoms with E-state index in [4.69, 9.17) is 0 Å². The summed E-state index contributed by atoms with van der Waals surface area (Å²) in [7, 11) is 0.920. The van der Waals surface area contributed by atoms with E-state index < -0.39 is 38.6 Å². The van der Waals surface area contributed by atoms with E-state index >= 15 is 0 Å². The first-order valence-corrected chi connectivity index (χ1v) is 5.63. The summed E-state index contributed by atoms with van der Waals surface area (Å²) in [5.74, 6) is -1.14. The highest BCUT2D eigenvalue weighted by Crippen LogP contribution is 2.43. The minimum Gasteiger partial charge on any atom is -0.465 e. The lowest BCUT2D eigenvalue weighted by Gasteiger charge is -2.18. The zero-order valence-electron chi connectivity index (χ0n) is 9.12. The van der Waals surface area contributed by atoms with E-state index in [0.717, 1.165) is 29.7 Å². The second-order valence-electron chi connectivity index (χ2n) is 3.34. The topological polar surface area (TPSA) is 26.3 Å². The van der Waals surface area contributed by atoms with Gasteiger partial charge in [-0.2, -0.15) is 26.3 Å². The predicted molar refractivity (Wildman–Crippen MR) is 60.5 cm³/mol. The summed E-state index contributed by atoms with van der Waals surface area (Å²) in [5.41, 5.74) is -4.29. The van der Waals surface area contributed by atoms with Crippen molar-refractivity contribution in [1.29, 1.82) is 0 Å². The maximum atomic E-state index is 12.7. The highest BCUT2D eigenvalue weighted by atomic mass is 127. The highest BCUT2D eigenvalue weighted by molar-refractivity contribution is 14.1. The van der Waals surface area contributed by atoms with E-state index in [1.807, 2.05) is 0 Å². The van der Waals surface area contributed by atoms with Crippen LogP contribution in [0.2, 0.25) is 0 Å². The maximum Gasteiger partial charge on any atom is 0.418 e. The second kappa shape index (κ2) is 5.17. The summed E-state index contributed by atoms with van der Waals surface area (Å²) in [5, 5.41) is 0. The van der Waals surface area contributed by atoms with E-state index in [-0.39, 0.29) is 6.07 Å². The molecule has 1 rings (SSSR count). The molecule has 1 aromatic rings. The molecule has 0 saturated heterocycles. The van der Waals surface area contributed by atoms with Crippen LogP contribution in [-0.4, -0.2) is 13.1 Å². The fourth-order valence-electron chi connectivity index (χ4n) is 1.36. The Balaban J connectivity index is 3.65. The minimum absolute atomic E-state index is 0.219. The van der Waals surface area contributed by atoms with Gasteiger partial charge >= 0.3 is 18.3 Å². The molecule has 0 aliphatic heterocycles. The van der Waals surface area contributed by atoms with Gasteiger partial charge in [0, 0.05) is 3.57 Å². The van der Waals surface area contributed by atoms with Crippen LogP contribution >= 0.6 is 22.6 Å².